The van der Waals surface area contributed by atoms with Crippen LogP contribution >= 0.6 is 0 Å². The molecule has 1 heterocycles. The Morgan fingerprint density at radius 3 is 2.86 bits per heavy atom. The topological polar surface area (TPSA) is 21.3 Å². The Bertz CT molecular complexity index is 50.0. The average Bonchev–Trinajstić information content (AvgIpc) is 1.69. The highest BCUT2D eigenvalue weighted by Gasteiger charge is 2.05. The Kier molecular flexibility index (Phi) is 1.65. The van der Waals surface area contributed by atoms with Crippen LogP contribution in [0.1, 0.15) is 6.92 Å². The maximum Gasteiger partial charge on any atom is 0.0965 e. The van der Waals surface area contributed by atoms with E-state index in [9.17, 15) is 0 Å². The zero-order valence-corrected chi connectivity index (χ0v) is 4.61. The Morgan fingerprint density at radius 2 is 2.57 bits per heavy atom. The Labute approximate surface area is 43.9 Å². The number of hydrogen-bond donors (Lipinski definition) is 1. The second-order valence-electron chi connectivity index (χ2n) is 2.07. The molecule has 0 spiro atoms. The molecule has 2 heteroatoms. The second-order valence-corrected chi connectivity index (χ2v) is 2.07. The van der Waals surface area contributed by atoms with Crippen LogP contribution in [-0.2, 0) is 4.74 Å². The number of rotatable bonds is 0. The van der Waals surface area contributed by atoms with E-state index in [1.807, 2.05) is 0 Å². The smallest absolute Gasteiger partial charge is 0.0965 e. The molecule has 0 aliphatic carbocycles. The molecular formula is C5H11NO. The summed E-state index contributed by atoms with van der Waals surface area (Å²) in [5, 5.41) is 3.11. The van der Waals surface area contributed by atoms with Crippen LogP contribution in [0, 0.1) is 5.92 Å². The quantitative estimate of drug-likeness (QED) is 0.470. The minimum absolute atomic E-state index is 0.703. The summed E-state index contributed by atoms with van der Waals surface area (Å²) in [7, 11) is 0. The zero-order chi connectivity index (χ0) is 5.11. The first kappa shape index (κ1) is 5.06. The molecule has 1 aliphatic rings. The van der Waals surface area contributed by atoms with Crippen molar-refractivity contribution in [3.63, 3.8) is 0 Å². The van der Waals surface area contributed by atoms with Crippen molar-refractivity contribution in [2.45, 2.75) is 6.92 Å². The van der Waals surface area contributed by atoms with E-state index >= 15 is 0 Å². The van der Waals surface area contributed by atoms with Crippen LogP contribution in [0.4, 0.5) is 0 Å². The molecule has 1 atom stereocenters. The Hall–Kier alpha value is -0.0800. The van der Waals surface area contributed by atoms with Crippen LogP contribution in [0.25, 0.3) is 0 Å². The van der Waals surface area contributed by atoms with Crippen molar-refractivity contribution in [2.75, 3.05) is 19.9 Å². The summed E-state index contributed by atoms with van der Waals surface area (Å²) in [4.78, 5) is 0. The van der Waals surface area contributed by atoms with Gasteiger partial charge >= 0.3 is 0 Å². The molecule has 42 valence electrons. The van der Waals surface area contributed by atoms with Gasteiger partial charge in [-0.3, -0.25) is 5.32 Å². The minimum Gasteiger partial charge on any atom is -0.366 e. The molecule has 1 rings (SSSR count). The molecule has 2 nitrogen and oxygen atoms in total. The van der Waals surface area contributed by atoms with Gasteiger partial charge in [0.25, 0.3) is 0 Å². The summed E-state index contributed by atoms with van der Waals surface area (Å²) in [5.74, 6) is 0.703. The average molecular weight is 101 g/mol. The molecule has 0 unspecified atom stereocenters. The standard InChI is InChI=1S/C5H11NO/c1-5-2-6-4-7-3-5/h5-6H,2-4H2,1H3/t5-/m0/s1. The fourth-order valence-electron chi connectivity index (χ4n) is 0.697. The van der Waals surface area contributed by atoms with Gasteiger partial charge in [-0.2, -0.15) is 0 Å². The number of nitrogens with one attached hydrogen (secondary N) is 1. The summed E-state index contributed by atoms with van der Waals surface area (Å²) < 4.78 is 5.07. The molecular weight excluding hydrogens is 90.1 g/mol. The largest absolute Gasteiger partial charge is 0.366 e. The van der Waals surface area contributed by atoms with E-state index in [4.69, 9.17) is 4.74 Å². The van der Waals surface area contributed by atoms with Crippen molar-refractivity contribution >= 4 is 0 Å². The molecule has 0 bridgehead atoms. The van der Waals surface area contributed by atoms with E-state index in [1.165, 1.54) is 0 Å². The van der Waals surface area contributed by atoms with Crippen molar-refractivity contribution in [1.29, 1.82) is 0 Å². The fraction of sp³-hybridized carbons (Fsp3) is 1.00. The highest BCUT2D eigenvalue weighted by molar-refractivity contribution is 4.56. The first-order chi connectivity index (χ1) is 3.39. The molecule has 7 heavy (non-hydrogen) atoms. The van der Waals surface area contributed by atoms with E-state index in [0.717, 1.165) is 19.9 Å². The maximum absolute atomic E-state index is 5.07. The highest BCUT2D eigenvalue weighted by Crippen LogP contribution is 1.96. The Balaban J connectivity index is 2.12. The predicted octanol–water partition coefficient (Wildman–Crippen LogP) is 0.200. The van der Waals surface area contributed by atoms with Gasteiger partial charge in [-0.25, -0.2) is 0 Å². The van der Waals surface area contributed by atoms with Gasteiger partial charge in [0.05, 0.1) is 13.3 Å². The molecule has 0 aromatic heterocycles. The van der Waals surface area contributed by atoms with Crippen molar-refractivity contribution in [1.82, 2.24) is 5.32 Å². The minimum atomic E-state index is 0.703. The van der Waals surface area contributed by atoms with Crippen molar-refractivity contribution in [2.24, 2.45) is 5.92 Å². The first-order valence-electron chi connectivity index (χ1n) is 2.68. The van der Waals surface area contributed by atoms with Crippen LogP contribution < -0.4 is 5.32 Å². The van der Waals surface area contributed by atoms with Crippen molar-refractivity contribution in [3.05, 3.63) is 0 Å². The van der Waals surface area contributed by atoms with E-state index in [-0.39, 0.29) is 0 Å². The molecule has 0 radical (unpaired) electrons. The first-order valence-corrected chi connectivity index (χ1v) is 2.68. The monoisotopic (exact) mass is 101 g/mol. The van der Waals surface area contributed by atoms with Gasteiger partial charge in [0.15, 0.2) is 0 Å². The number of hydrogen-bond acceptors (Lipinski definition) is 2. The van der Waals surface area contributed by atoms with Gasteiger partial charge in [0.1, 0.15) is 0 Å². The lowest BCUT2D eigenvalue weighted by atomic mass is 10.2. The number of ether oxygens (including phenoxy) is 1. The van der Waals surface area contributed by atoms with Crippen LogP contribution in [-0.4, -0.2) is 19.9 Å². The third-order valence-electron chi connectivity index (χ3n) is 1.10. The van der Waals surface area contributed by atoms with Crippen LogP contribution in [0.15, 0.2) is 0 Å². The lowest BCUT2D eigenvalue weighted by Crippen LogP contribution is -2.32. The summed E-state index contributed by atoms with van der Waals surface area (Å²) in [6.07, 6.45) is 0. The van der Waals surface area contributed by atoms with Crippen LogP contribution in [0.2, 0.25) is 0 Å². The van der Waals surface area contributed by atoms with Gasteiger partial charge < -0.3 is 4.74 Å². The summed E-state index contributed by atoms with van der Waals surface area (Å²) in [6.45, 7) is 4.95. The van der Waals surface area contributed by atoms with Gasteiger partial charge in [-0.05, 0) is 5.92 Å². The molecule has 1 aliphatic heterocycles. The van der Waals surface area contributed by atoms with Crippen LogP contribution in [0.3, 0.4) is 0 Å². The molecule has 0 saturated carbocycles. The second kappa shape index (κ2) is 2.28. The van der Waals surface area contributed by atoms with Crippen LogP contribution in [0.5, 0.6) is 0 Å². The van der Waals surface area contributed by atoms with E-state index < -0.39 is 0 Å². The summed E-state index contributed by atoms with van der Waals surface area (Å²) >= 11 is 0. The van der Waals surface area contributed by atoms with Gasteiger partial charge in [0, 0.05) is 6.54 Å². The molecule has 1 saturated heterocycles. The van der Waals surface area contributed by atoms with Gasteiger partial charge in [0.2, 0.25) is 0 Å². The van der Waals surface area contributed by atoms with Crippen molar-refractivity contribution in [3.8, 4) is 0 Å². The molecule has 1 fully saturated rings. The predicted molar refractivity (Wildman–Crippen MR) is 28.0 cm³/mol. The molecule has 0 aromatic rings. The molecule has 1 N–H and O–H groups in total. The van der Waals surface area contributed by atoms with Gasteiger partial charge in [-0.15, -0.1) is 0 Å². The normalized spacial score (nSPS) is 33.0. The SMILES string of the molecule is C[C@H]1CNCOC1. The zero-order valence-electron chi connectivity index (χ0n) is 4.61. The lowest BCUT2D eigenvalue weighted by molar-refractivity contribution is 0.0522. The molecule has 0 amide bonds. The summed E-state index contributed by atoms with van der Waals surface area (Å²) in [6, 6.07) is 0. The maximum atomic E-state index is 5.07. The lowest BCUT2D eigenvalue weighted by Gasteiger charge is -2.18. The third kappa shape index (κ3) is 1.45. The van der Waals surface area contributed by atoms with E-state index in [1.54, 1.807) is 0 Å². The highest BCUT2D eigenvalue weighted by atomic mass is 16.5. The molecule has 0 aromatic carbocycles. The third-order valence-corrected chi connectivity index (χ3v) is 1.10. The van der Waals surface area contributed by atoms with E-state index in [0.29, 0.717) is 5.92 Å². The van der Waals surface area contributed by atoms with Crippen molar-refractivity contribution < 1.29 is 4.74 Å². The van der Waals surface area contributed by atoms with E-state index in [2.05, 4.69) is 12.2 Å². The fourth-order valence-corrected chi connectivity index (χ4v) is 0.697. The van der Waals surface area contributed by atoms with Gasteiger partial charge in [-0.1, -0.05) is 6.92 Å². The summed E-state index contributed by atoms with van der Waals surface area (Å²) in [5.41, 5.74) is 0. The Morgan fingerprint density at radius 1 is 1.71 bits per heavy atom.